The molecule has 2 aromatic rings. The predicted octanol–water partition coefficient (Wildman–Crippen LogP) is 4.82. The van der Waals surface area contributed by atoms with Crippen molar-refractivity contribution in [3.05, 3.63) is 56.5 Å². The lowest BCUT2D eigenvalue weighted by Crippen LogP contribution is -2.17. The van der Waals surface area contributed by atoms with Crippen LogP contribution in [0.15, 0.2) is 35.4 Å². The molecule has 25 heavy (non-hydrogen) atoms. The minimum Gasteiger partial charge on any atom is -0.491 e. The third-order valence-electron chi connectivity index (χ3n) is 3.10. The Labute approximate surface area is 160 Å². The molecule has 5 nitrogen and oxygen atoms in total. The van der Waals surface area contributed by atoms with Crippen LogP contribution >= 0.6 is 34.8 Å². The molecule has 0 spiro atoms. The molecular weight excluding hydrogens is 387 g/mol. The summed E-state index contributed by atoms with van der Waals surface area (Å²) >= 11 is 17.9. The van der Waals surface area contributed by atoms with Crippen LogP contribution in [0, 0.1) is 0 Å². The predicted molar refractivity (Wildman–Crippen MR) is 101 cm³/mol. The van der Waals surface area contributed by atoms with Crippen LogP contribution in [0.5, 0.6) is 11.5 Å². The van der Waals surface area contributed by atoms with Gasteiger partial charge in [-0.2, -0.15) is 5.10 Å². The highest BCUT2D eigenvalue weighted by atomic mass is 35.5. The van der Waals surface area contributed by atoms with E-state index in [0.717, 1.165) is 0 Å². The Morgan fingerprint density at radius 2 is 1.92 bits per heavy atom. The van der Waals surface area contributed by atoms with Crippen molar-refractivity contribution in [1.82, 2.24) is 5.43 Å². The smallest absolute Gasteiger partial charge is 0.271 e. The maximum Gasteiger partial charge on any atom is 0.271 e. The normalized spacial score (nSPS) is 10.8. The molecule has 0 saturated carbocycles. The van der Waals surface area contributed by atoms with E-state index in [9.17, 15) is 4.79 Å². The van der Waals surface area contributed by atoms with Crippen molar-refractivity contribution < 1.29 is 14.3 Å². The quantitative estimate of drug-likeness (QED) is 0.558. The number of halogens is 3. The van der Waals surface area contributed by atoms with Crippen molar-refractivity contribution in [2.24, 2.45) is 5.10 Å². The van der Waals surface area contributed by atoms with Crippen LogP contribution in [0.3, 0.4) is 0 Å². The molecule has 1 N–H and O–H groups in total. The van der Waals surface area contributed by atoms with Crippen LogP contribution in [0.2, 0.25) is 15.1 Å². The number of hydrazone groups is 1. The largest absolute Gasteiger partial charge is 0.491 e. The molecule has 1 amide bonds. The summed E-state index contributed by atoms with van der Waals surface area (Å²) in [4.78, 5) is 12.0. The second-order valence-electron chi connectivity index (χ2n) is 4.80. The number of nitrogens with one attached hydrogen (secondary N) is 1. The maximum absolute atomic E-state index is 12.0. The number of rotatable bonds is 6. The van der Waals surface area contributed by atoms with E-state index in [-0.39, 0.29) is 0 Å². The van der Waals surface area contributed by atoms with Gasteiger partial charge in [-0.15, -0.1) is 0 Å². The summed E-state index contributed by atoms with van der Waals surface area (Å²) in [7, 11) is 1.51. The molecule has 0 atom stereocenters. The first kappa shape index (κ1) is 19.4. The van der Waals surface area contributed by atoms with Gasteiger partial charge in [0.1, 0.15) is 0 Å². The minimum absolute atomic E-state index is 0.293. The fraction of sp³-hybridized carbons (Fsp3) is 0.176. The number of carbonyl (C=O) groups is 1. The highest BCUT2D eigenvalue weighted by molar-refractivity contribution is 6.42. The molecule has 0 bridgehead atoms. The zero-order valence-corrected chi connectivity index (χ0v) is 15.7. The summed E-state index contributed by atoms with van der Waals surface area (Å²) in [5.74, 6) is 0.523. The van der Waals surface area contributed by atoms with Gasteiger partial charge < -0.3 is 9.47 Å². The van der Waals surface area contributed by atoms with E-state index in [1.54, 1.807) is 24.3 Å². The first-order chi connectivity index (χ1) is 12.0. The van der Waals surface area contributed by atoms with Gasteiger partial charge in [0.2, 0.25) is 0 Å². The molecule has 0 aliphatic heterocycles. The van der Waals surface area contributed by atoms with Gasteiger partial charge in [-0.3, -0.25) is 4.79 Å². The fourth-order valence-corrected chi connectivity index (χ4v) is 2.59. The fourth-order valence-electron chi connectivity index (χ4n) is 1.99. The molecule has 0 saturated heterocycles. The molecule has 0 heterocycles. The van der Waals surface area contributed by atoms with E-state index >= 15 is 0 Å². The van der Waals surface area contributed by atoms with Crippen molar-refractivity contribution in [3.63, 3.8) is 0 Å². The Balaban J connectivity index is 2.13. The van der Waals surface area contributed by atoms with Crippen molar-refractivity contribution in [2.45, 2.75) is 6.92 Å². The number of carbonyl (C=O) groups excluding carboxylic acids is 1. The lowest BCUT2D eigenvalue weighted by atomic mass is 10.2. The van der Waals surface area contributed by atoms with E-state index in [4.69, 9.17) is 44.3 Å². The Kier molecular flexibility index (Phi) is 6.93. The highest BCUT2D eigenvalue weighted by Gasteiger charge is 2.11. The summed E-state index contributed by atoms with van der Waals surface area (Å²) in [6.07, 6.45) is 1.45. The minimum atomic E-state index is -0.417. The third-order valence-corrected chi connectivity index (χ3v) is 4.12. The van der Waals surface area contributed by atoms with E-state index in [2.05, 4.69) is 10.5 Å². The van der Waals surface area contributed by atoms with Crippen LogP contribution in [0.4, 0.5) is 0 Å². The monoisotopic (exact) mass is 400 g/mol. The van der Waals surface area contributed by atoms with Gasteiger partial charge >= 0.3 is 0 Å². The van der Waals surface area contributed by atoms with Crippen LogP contribution < -0.4 is 14.9 Å². The van der Waals surface area contributed by atoms with Crippen LogP contribution in [-0.2, 0) is 0 Å². The molecular formula is C17H15Cl3N2O3. The molecule has 8 heteroatoms. The summed E-state index contributed by atoms with van der Waals surface area (Å²) in [6.45, 7) is 2.31. The first-order valence-corrected chi connectivity index (χ1v) is 8.38. The number of nitrogens with zero attached hydrogens (tertiary/aromatic N) is 1. The van der Waals surface area contributed by atoms with Gasteiger partial charge in [-0.05, 0) is 42.8 Å². The van der Waals surface area contributed by atoms with E-state index in [1.807, 2.05) is 6.92 Å². The zero-order valence-electron chi connectivity index (χ0n) is 13.5. The van der Waals surface area contributed by atoms with Crippen LogP contribution in [-0.4, -0.2) is 25.8 Å². The van der Waals surface area contributed by atoms with Crippen LogP contribution in [0.1, 0.15) is 22.8 Å². The van der Waals surface area contributed by atoms with Gasteiger partial charge in [0.15, 0.2) is 11.5 Å². The average molecular weight is 402 g/mol. The van der Waals surface area contributed by atoms with Gasteiger partial charge in [0.05, 0.1) is 35.0 Å². The second-order valence-corrected chi connectivity index (χ2v) is 6.02. The molecule has 0 aliphatic carbocycles. The molecule has 0 aliphatic rings. The number of hydrogen-bond donors (Lipinski definition) is 1. The Bertz CT molecular complexity index is 810. The lowest BCUT2D eigenvalue weighted by molar-refractivity contribution is 0.0955. The molecule has 132 valence electrons. The third kappa shape index (κ3) is 5.01. The topological polar surface area (TPSA) is 59.9 Å². The molecule has 0 fully saturated rings. The number of methoxy groups -OCH3 is 1. The summed E-state index contributed by atoms with van der Waals surface area (Å²) < 4.78 is 10.7. The van der Waals surface area contributed by atoms with E-state index in [0.29, 0.717) is 44.3 Å². The zero-order chi connectivity index (χ0) is 18.4. The van der Waals surface area contributed by atoms with Gasteiger partial charge in [0.25, 0.3) is 5.91 Å². The van der Waals surface area contributed by atoms with Gasteiger partial charge in [0, 0.05) is 5.56 Å². The Morgan fingerprint density at radius 1 is 1.16 bits per heavy atom. The van der Waals surface area contributed by atoms with Crippen molar-refractivity contribution in [1.29, 1.82) is 0 Å². The standard InChI is InChI=1S/C17H15Cl3N2O3/c1-3-25-15-7-10(6-14(20)16(15)24-2)9-21-22-17(23)11-4-5-12(18)13(19)8-11/h4-9H,3H2,1-2H3,(H,22,23)/b21-9-. The highest BCUT2D eigenvalue weighted by Crippen LogP contribution is 2.35. The van der Waals surface area contributed by atoms with Crippen LogP contribution in [0.25, 0.3) is 0 Å². The summed E-state index contributed by atoms with van der Waals surface area (Å²) in [5.41, 5.74) is 3.39. The number of amides is 1. The van der Waals surface area contributed by atoms with Crippen molar-refractivity contribution in [2.75, 3.05) is 13.7 Å². The average Bonchev–Trinajstić information content (AvgIpc) is 2.57. The summed E-state index contributed by atoms with van der Waals surface area (Å²) in [6, 6.07) is 7.92. The second kappa shape index (κ2) is 8.94. The van der Waals surface area contributed by atoms with Gasteiger partial charge in [-0.1, -0.05) is 34.8 Å². The van der Waals surface area contributed by atoms with E-state index < -0.39 is 5.91 Å². The molecule has 0 radical (unpaired) electrons. The first-order valence-electron chi connectivity index (χ1n) is 7.25. The van der Waals surface area contributed by atoms with Crippen molar-refractivity contribution in [3.8, 4) is 11.5 Å². The Morgan fingerprint density at radius 3 is 2.56 bits per heavy atom. The number of ether oxygens (including phenoxy) is 2. The van der Waals surface area contributed by atoms with Crippen molar-refractivity contribution >= 4 is 46.9 Å². The SMILES string of the molecule is CCOc1cc(/C=N\NC(=O)c2ccc(Cl)c(Cl)c2)cc(Cl)c1OC. The molecule has 0 aromatic heterocycles. The molecule has 2 rings (SSSR count). The maximum atomic E-state index is 12.0. The van der Waals surface area contributed by atoms with Gasteiger partial charge in [-0.25, -0.2) is 5.43 Å². The molecule has 2 aromatic carbocycles. The lowest BCUT2D eigenvalue weighted by Gasteiger charge is -2.11. The molecule has 0 unspecified atom stereocenters. The van der Waals surface area contributed by atoms with E-state index in [1.165, 1.54) is 19.4 Å². The number of hydrogen-bond acceptors (Lipinski definition) is 4. The number of benzene rings is 2. The summed E-state index contributed by atoms with van der Waals surface area (Å²) in [5, 5.41) is 4.96. The Hall–Kier alpha value is -1.95.